The van der Waals surface area contributed by atoms with E-state index in [0.29, 0.717) is 0 Å². The second-order valence-electron chi connectivity index (χ2n) is 8.27. The second-order valence-corrected chi connectivity index (χ2v) is 33.9. The first-order valence-electron chi connectivity index (χ1n) is 6.81. The Morgan fingerprint density at radius 3 is 2.15 bits per heavy atom. The van der Waals surface area contributed by atoms with Crippen LogP contribution in [-0.2, 0) is 12.8 Å². The number of rotatable bonds is 2. The minimum absolute atomic E-state index is 0. The number of halogens is 2. The first-order chi connectivity index (χ1) is 8.03. The molecule has 0 aliphatic heterocycles. The van der Waals surface area contributed by atoms with Gasteiger partial charge >= 0.3 is 111 Å². The van der Waals surface area contributed by atoms with Gasteiger partial charge < -0.3 is 0 Å². The summed E-state index contributed by atoms with van der Waals surface area (Å²) in [6, 6.07) is 4.45. The Morgan fingerprint density at radius 2 is 1.80 bits per heavy atom. The molecule has 2 rings (SSSR count). The number of H-pyrrole nitrogens is 1. The van der Waals surface area contributed by atoms with Gasteiger partial charge in [0.15, 0.2) is 0 Å². The van der Waals surface area contributed by atoms with Gasteiger partial charge in [0.25, 0.3) is 0 Å². The van der Waals surface area contributed by atoms with Crippen LogP contribution in [0.5, 0.6) is 0 Å². The van der Waals surface area contributed by atoms with Crippen LogP contribution >= 0.6 is 24.8 Å². The number of allylic oxidation sites excluding steroid dienone is 4. The molecule has 1 aromatic rings. The first kappa shape index (κ1) is 20.3. The summed E-state index contributed by atoms with van der Waals surface area (Å²) in [6.45, 7) is 7.26. The molecule has 0 unspecified atom stereocenters. The zero-order valence-corrected chi connectivity index (χ0v) is 17.8. The van der Waals surface area contributed by atoms with E-state index in [1.807, 2.05) is 0 Å². The molecule has 0 aromatic carbocycles. The zero-order chi connectivity index (χ0) is 13.7. The maximum atomic E-state index is 3.56. The normalized spacial score (nSPS) is 18.4. The molecule has 0 radical (unpaired) electrons. The van der Waals surface area contributed by atoms with Gasteiger partial charge in [0.2, 0.25) is 0 Å². The van der Waals surface area contributed by atoms with Crippen LogP contribution in [0.4, 0.5) is 0 Å². The molecule has 1 N–H and O–H groups in total. The molecule has 115 valence electrons. The Hall–Kier alpha value is 0.271. The van der Waals surface area contributed by atoms with Gasteiger partial charge in [0.1, 0.15) is 0 Å². The number of hydrogen-bond acceptors (Lipinski definition) is 0. The van der Waals surface area contributed by atoms with Crippen LogP contribution in [0.15, 0.2) is 40.4 Å². The van der Waals surface area contributed by atoms with Gasteiger partial charge in [-0.2, -0.15) is 0 Å². The fraction of sp³-hybridized carbons (Fsp3) is 0.467. The summed E-state index contributed by atoms with van der Waals surface area (Å²) in [5, 5.41) is 5.17. The molecular formula is C15H28Cl2NSiTi. The molecule has 1 aromatic heterocycles. The summed E-state index contributed by atoms with van der Waals surface area (Å²) < 4.78 is 3.43. The topological polar surface area (TPSA) is 15.8 Å². The Bertz CT molecular complexity index is 627. The average Bonchev–Trinajstić information content (AvgIpc) is 2.91. The number of hydrogen-bond donors (Lipinski definition) is 1. The summed E-state index contributed by atoms with van der Waals surface area (Å²) in [6.07, 6.45) is 10.1. The molecule has 1 heterocycles. The molecule has 20 heavy (non-hydrogen) atoms. The molecular weight excluding hydrogens is 341 g/mol. The number of aromatic nitrogens is 1. The maximum absolute atomic E-state index is 3.56. The van der Waals surface area contributed by atoms with Crippen molar-refractivity contribution in [1.82, 2.24) is 4.98 Å². The van der Waals surface area contributed by atoms with Crippen molar-refractivity contribution in [2.45, 2.75) is 41.4 Å². The summed E-state index contributed by atoms with van der Waals surface area (Å²) >= 11 is -3.50. The summed E-state index contributed by atoms with van der Waals surface area (Å²) in [4.78, 5) is 3.56. The predicted octanol–water partition coefficient (Wildman–Crippen LogP) is 4.42. The molecule has 0 saturated carbocycles. The van der Waals surface area contributed by atoms with E-state index in [0.717, 1.165) is 6.42 Å². The summed E-state index contributed by atoms with van der Waals surface area (Å²) in [7, 11) is 2.31. The van der Waals surface area contributed by atoms with Crippen LogP contribution < -0.4 is 4.00 Å². The Kier molecular flexibility index (Phi) is 5.24. The van der Waals surface area contributed by atoms with Crippen LogP contribution in [0.1, 0.15) is 27.2 Å². The van der Waals surface area contributed by atoms with Crippen LogP contribution in [0.2, 0.25) is 14.2 Å². The fourth-order valence-corrected chi connectivity index (χ4v) is 13.0. The van der Waals surface area contributed by atoms with E-state index in [9.17, 15) is 0 Å². The molecule has 1 nitrogen and oxygen atoms in total. The standard InChI is InChI=1S/C5H5.C4H4N.C4H9.2CH3.2ClH.H2Si.Ti/c2*1-2-4-5-3-1;1-4(2)3;;;;;;/h1-3H,4H2;1-3,5H;1-3H3;2*1H3;2*1H;1H2;. The van der Waals surface area contributed by atoms with E-state index in [2.05, 4.69) is 80.4 Å². The molecule has 0 spiro atoms. The van der Waals surface area contributed by atoms with Gasteiger partial charge in [0, 0.05) is 0 Å². The predicted molar refractivity (Wildman–Crippen MR) is 96.7 cm³/mol. The third-order valence-corrected chi connectivity index (χ3v) is 30.7. The van der Waals surface area contributed by atoms with Crippen molar-refractivity contribution in [2.24, 2.45) is 0 Å². The van der Waals surface area contributed by atoms with E-state index in [1.54, 1.807) is 3.88 Å². The van der Waals surface area contributed by atoms with E-state index in [1.165, 1.54) is 4.00 Å². The quantitative estimate of drug-likeness (QED) is 0.743. The van der Waals surface area contributed by atoms with Crippen LogP contribution in [-0.4, -0.2) is 12.6 Å². The van der Waals surface area contributed by atoms with Gasteiger partial charge in [-0.05, 0) is 0 Å². The fourth-order valence-electron chi connectivity index (χ4n) is 3.10. The molecule has 1 aliphatic rings. The third kappa shape index (κ3) is 2.25. The maximum Gasteiger partial charge on any atom is -0.147 e. The largest absolute Gasteiger partial charge is 0.147 e. The van der Waals surface area contributed by atoms with Gasteiger partial charge in [-0.15, -0.1) is 24.8 Å². The van der Waals surface area contributed by atoms with Gasteiger partial charge in [-0.3, -0.25) is 0 Å². The number of nitrogens with one attached hydrogen (secondary N) is 1. The Morgan fingerprint density at radius 1 is 1.20 bits per heavy atom. The Balaban J connectivity index is 0.00000180. The third-order valence-electron chi connectivity index (χ3n) is 6.34. The average molecular weight is 369 g/mol. The van der Waals surface area contributed by atoms with Crippen molar-refractivity contribution >= 4 is 36.4 Å². The molecule has 5 heteroatoms. The van der Waals surface area contributed by atoms with Crippen molar-refractivity contribution in [3.63, 3.8) is 0 Å². The minimum atomic E-state index is -3.50. The van der Waals surface area contributed by atoms with Crippen molar-refractivity contribution in [3.05, 3.63) is 40.4 Å². The van der Waals surface area contributed by atoms with Crippen LogP contribution in [0.25, 0.3) is 0 Å². The van der Waals surface area contributed by atoms with Gasteiger partial charge in [-0.1, -0.05) is 0 Å². The monoisotopic (exact) mass is 368 g/mol. The van der Waals surface area contributed by atoms with E-state index in [-0.39, 0.29) is 28.5 Å². The summed E-state index contributed by atoms with van der Waals surface area (Å²) in [5.74, 6) is 0. The molecule has 0 amide bonds. The second kappa shape index (κ2) is 5.17. The van der Waals surface area contributed by atoms with E-state index in [4.69, 9.17) is 0 Å². The van der Waals surface area contributed by atoms with Crippen molar-refractivity contribution in [2.75, 3.05) is 0 Å². The van der Waals surface area contributed by atoms with Crippen LogP contribution in [0.3, 0.4) is 0 Å². The van der Waals surface area contributed by atoms with E-state index >= 15 is 0 Å². The molecule has 0 saturated heterocycles. The Labute approximate surface area is 135 Å². The molecule has 0 bridgehead atoms. The number of aromatic amines is 1. The summed E-state index contributed by atoms with van der Waals surface area (Å²) in [5.41, 5.74) is 0. The molecule has 1 aliphatic carbocycles. The first-order valence-corrected chi connectivity index (χ1v) is 16.3. The smallest absolute Gasteiger partial charge is 0.147 e. The minimum Gasteiger partial charge on any atom is -0.147 e. The molecule has 0 fully saturated rings. The van der Waals surface area contributed by atoms with Gasteiger partial charge in [0.05, 0.1) is 0 Å². The van der Waals surface area contributed by atoms with Crippen molar-refractivity contribution in [3.8, 4) is 0 Å². The van der Waals surface area contributed by atoms with Gasteiger partial charge in [-0.25, -0.2) is 0 Å². The molecule has 0 atom stereocenters. The van der Waals surface area contributed by atoms with Crippen molar-refractivity contribution < 1.29 is 12.8 Å². The van der Waals surface area contributed by atoms with Crippen molar-refractivity contribution in [1.29, 1.82) is 0 Å². The van der Waals surface area contributed by atoms with Crippen LogP contribution in [0, 0.1) is 0 Å². The SMILES string of the molecule is C[C](C)(C)[Ti]([CH3])([CH3])(=[SiH2])([C]1=CC=CC1)[c]1ccc[nH]1.Cl.Cl. The zero-order valence-electron chi connectivity index (χ0n) is 13.2. The van der Waals surface area contributed by atoms with E-state index < -0.39 is 12.8 Å².